The third-order valence-corrected chi connectivity index (χ3v) is 6.23. The summed E-state index contributed by atoms with van der Waals surface area (Å²) in [6, 6.07) is 17.8. The number of Topliss-reactive ketones (excluding diaryl/α,β-unsaturated/α-hetero) is 1. The average Bonchev–Trinajstić information content (AvgIpc) is 3.07. The van der Waals surface area contributed by atoms with Crippen LogP contribution in [0.25, 0.3) is 21.6 Å². The molecule has 1 heterocycles. The number of benzene rings is 2. The molecule has 1 N–H and O–H groups in total. The van der Waals surface area contributed by atoms with Gasteiger partial charge in [0.25, 0.3) is 0 Å². The first-order valence-corrected chi connectivity index (χ1v) is 10.2. The van der Waals surface area contributed by atoms with E-state index in [-0.39, 0.29) is 5.78 Å². The molecular formula is C20H19NO2S2. The molecule has 5 heteroatoms. The van der Waals surface area contributed by atoms with E-state index in [2.05, 4.69) is 17.4 Å². The Morgan fingerprint density at radius 3 is 2.16 bits per heavy atom. The minimum atomic E-state index is -0.999. The van der Waals surface area contributed by atoms with Crippen molar-refractivity contribution in [1.82, 2.24) is 0 Å². The van der Waals surface area contributed by atoms with Crippen molar-refractivity contribution in [3.8, 4) is 21.6 Å². The van der Waals surface area contributed by atoms with E-state index in [1.807, 2.05) is 49.5 Å². The van der Waals surface area contributed by atoms with Crippen LogP contribution in [0.1, 0.15) is 16.6 Å². The van der Waals surface area contributed by atoms with Crippen molar-refractivity contribution < 1.29 is 9.35 Å². The van der Waals surface area contributed by atoms with Gasteiger partial charge in [0.2, 0.25) is 0 Å². The highest BCUT2D eigenvalue weighted by Crippen LogP contribution is 2.40. The Kier molecular flexibility index (Phi) is 5.27. The second kappa shape index (κ2) is 7.44. The number of nitrogens with one attached hydrogen (secondary N) is 1. The van der Waals surface area contributed by atoms with Crippen LogP contribution >= 0.6 is 11.3 Å². The monoisotopic (exact) mass is 369 g/mol. The molecule has 3 nitrogen and oxygen atoms in total. The number of ketones is 1. The molecular weight excluding hydrogens is 350 g/mol. The average molecular weight is 370 g/mol. The molecule has 0 spiro atoms. The number of hydrogen-bond acceptors (Lipinski definition) is 4. The number of anilines is 1. The Balaban J connectivity index is 2.09. The lowest BCUT2D eigenvalue weighted by Crippen LogP contribution is -1.96. The minimum Gasteiger partial charge on any atom is -0.612 e. The van der Waals surface area contributed by atoms with Crippen LogP contribution in [0.3, 0.4) is 0 Å². The van der Waals surface area contributed by atoms with Crippen LogP contribution in [0.4, 0.5) is 5.69 Å². The fourth-order valence-electron chi connectivity index (χ4n) is 2.61. The zero-order valence-electron chi connectivity index (χ0n) is 14.3. The largest absolute Gasteiger partial charge is 0.612 e. The van der Waals surface area contributed by atoms with Gasteiger partial charge >= 0.3 is 0 Å². The quantitative estimate of drug-likeness (QED) is 0.505. The molecule has 3 rings (SSSR count). The normalized spacial score (nSPS) is 12.0. The van der Waals surface area contributed by atoms with E-state index in [0.717, 1.165) is 37.0 Å². The summed E-state index contributed by atoms with van der Waals surface area (Å²) in [5.74, 6) is 0.0654. The van der Waals surface area contributed by atoms with E-state index >= 15 is 0 Å². The zero-order valence-corrected chi connectivity index (χ0v) is 16.0. The second-order valence-corrected chi connectivity index (χ2v) is 8.15. The van der Waals surface area contributed by atoms with Gasteiger partial charge in [0.05, 0.1) is 4.88 Å². The highest BCUT2D eigenvalue weighted by atomic mass is 32.2. The van der Waals surface area contributed by atoms with E-state index in [1.54, 1.807) is 13.2 Å². The van der Waals surface area contributed by atoms with Crippen molar-refractivity contribution in [2.45, 2.75) is 11.8 Å². The Morgan fingerprint density at radius 1 is 1.04 bits per heavy atom. The smallest absolute Gasteiger partial charge is 0.169 e. The third kappa shape index (κ3) is 3.79. The van der Waals surface area contributed by atoms with E-state index in [0.29, 0.717) is 0 Å². The fraction of sp³-hybridized carbons (Fsp3) is 0.150. The van der Waals surface area contributed by atoms with Crippen molar-refractivity contribution in [1.29, 1.82) is 0 Å². The second-order valence-electron chi connectivity index (χ2n) is 5.72. The van der Waals surface area contributed by atoms with Crippen molar-refractivity contribution in [3.05, 3.63) is 59.5 Å². The van der Waals surface area contributed by atoms with Crippen molar-refractivity contribution in [3.63, 3.8) is 0 Å². The summed E-state index contributed by atoms with van der Waals surface area (Å²) < 4.78 is 11.6. The standard InChI is InChI=1S/C20H19NO2S2/c1-13(22)19-12-18(14-6-10-17(11-7-14)25(3)23)20(24-19)15-4-8-16(21-2)9-5-15/h4-12,21H,1-3H3. The van der Waals surface area contributed by atoms with Gasteiger partial charge in [-0.05, 0) is 71.7 Å². The van der Waals surface area contributed by atoms with Crippen molar-refractivity contribution >= 4 is 34.0 Å². The molecule has 0 aliphatic heterocycles. The Morgan fingerprint density at radius 2 is 1.64 bits per heavy atom. The van der Waals surface area contributed by atoms with Crippen molar-refractivity contribution in [2.24, 2.45) is 0 Å². The minimum absolute atomic E-state index is 0.0654. The van der Waals surface area contributed by atoms with E-state index in [1.165, 1.54) is 11.3 Å². The van der Waals surface area contributed by atoms with Gasteiger partial charge in [-0.2, -0.15) is 0 Å². The summed E-state index contributed by atoms with van der Waals surface area (Å²) in [5.41, 5.74) is 4.17. The van der Waals surface area contributed by atoms with Crippen LogP contribution in [-0.4, -0.2) is 23.6 Å². The summed E-state index contributed by atoms with van der Waals surface area (Å²) >= 11 is 0.510. The molecule has 1 atom stereocenters. The predicted molar refractivity (Wildman–Crippen MR) is 107 cm³/mol. The summed E-state index contributed by atoms with van der Waals surface area (Å²) in [6.45, 7) is 1.59. The van der Waals surface area contributed by atoms with Crippen LogP contribution in [0, 0.1) is 0 Å². The number of carbonyl (C=O) groups excluding carboxylic acids is 1. The first kappa shape index (κ1) is 17.7. The molecule has 1 aromatic heterocycles. The molecule has 2 aromatic carbocycles. The number of carbonyl (C=O) groups is 1. The molecule has 0 radical (unpaired) electrons. The van der Waals surface area contributed by atoms with Gasteiger partial charge in [0.15, 0.2) is 10.7 Å². The lowest BCUT2D eigenvalue weighted by molar-refractivity contribution is 0.102. The van der Waals surface area contributed by atoms with Gasteiger partial charge in [0.1, 0.15) is 6.26 Å². The summed E-state index contributed by atoms with van der Waals surface area (Å²) in [5, 5.41) is 3.11. The van der Waals surface area contributed by atoms with Crippen LogP contribution in [-0.2, 0) is 11.2 Å². The van der Waals surface area contributed by atoms with Crippen LogP contribution in [0.2, 0.25) is 0 Å². The molecule has 0 saturated heterocycles. The maximum absolute atomic E-state index is 11.9. The Hall–Kier alpha value is -2.08. The van der Waals surface area contributed by atoms with E-state index in [4.69, 9.17) is 0 Å². The molecule has 128 valence electrons. The van der Waals surface area contributed by atoms with Crippen molar-refractivity contribution in [2.75, 3.05) is 18.6 Å². The Bertz CT molecular complexity index is 881. The first-order valence-electron chi connectivity index (χ1n) is 7.86. The van der Waals surface area contributed by atoms with Gasteiger partial charge in [0, 0.05) is 23.2 Å². The summed E-state index contributed by atoms with van der Waals surface area (Å²) in [6.07, 6.45) is 1.67. The number of rotatable bonds is 5. The molecule has 0 saturated carbocycles. The lowest BCUT2D eigenvalue weighted by Gasteiger charge is -2.08. The number of hydrogen-bond donors (Lipinski definition) is 1. The zero-order chi connectivity index (χ0) is 18.0. The maximum Gasteiger partial charge on any atom is 0.169 e. The van der Waals surface area contributed by atoms with Gasteiger partial charge in [-0.25, -0.2) is 0 Å². The molecule has 0 amide bonds. The highest BCUT2D eigenvalue weighted by molar-refractivity contribution is 7.90. The molecule has 3 aromatic rings. The summed E-state index contributed by atoms with van der Waals surface area (Å²) in [7, 11) is 1.89. The van der Waals surface area contributed by atoms with Crippen LogP contribution in [0.5, 0.6) is 0 Å². The molecule has 1 unspecified atom stereocenters. The number of thiophene rings is 1. The highest BCUT2D eigenvalue weighted by Gasteiger charge is 2.16. The van der Waals surface area contributed by atoms with Gasteiger partial charge in [-0.3, -0.25) is 4.79 Å². The third-order valence-electron chi connectivity index (χ3n) is 4.01. The van der Waals surface area contributed by atoms with Gasteiger partial charge < -0.3 is 9.87 Å². The van der Waals surface area contributed by atoms with E-state index < -0.39 is 11.2 Å². The van der Waals surface area contributed by atoms with E-state index in [9.17, 15) is 9.35 Å². The van der Waals surface area contributed by atoms with Crippen LogP contribution < -0.4 is 5.32 Å². The predicted octanol–water partition coefficient (Wildman–Crippen LogP) is 5.06. The lowest BCUT2D eigenvalue weighted by atomic mass is 10.0. The molecule has 0 aliphatic rings. The molecule has 25 heavy (non-hydrogen) atoms. The molecule has 0 bridgehead atoms. The first-order chi connectivity index (χ1) is 12.0. The van der Waals surface area contributed by atoms with Crippen LogP contribution in [0.15, 0.2) is 59.5 Å². The SMILES string of the molecule is CNc1ccc(-c2sc(C(C)=O)cc2-c2ccc([S+](C)[O-])cc2)cc1. The van der Waals surface area contributed by atoms with Gasteiger partial charge in [-0.1, -0.05) is 12.1 Å². The molecule has 0 fully saturated rings. The summed E-state index contributed by atoms with van der Waals surface area (Å²) in [4.78, 5) is 14.5. The molecule has 0 aliphatic carbocycles. The fourth-order valence-corrected chi connectivity index (χ4v) is 4.21. The Labute approximate surface area is 154 Å². The maximum atomic E-state index is 11.9. The topological polar surface area (TPSA) is 52.2 Å². The van der Waals surface area contributed by atoms with Gasteiger partial charge in [-0.15, -0.1) is 11.3 Å².